The molecule has 29 heavy (non-hydrogen) atoms. The van der Waals surface area contributed by atoms with E-state index in [4.69, 9.17) is 10.00 Å². The van der Waals surface area contributed by atoms with Gasteiger partial charge in [0.05, 0.1) is 16.8 Å². The Morgan fingerprint density at radius 2 is 1.72 bits per heavy atom. The number of carbonyl (C=O) groups is 2. The molecule has 0 aliphatic rings. The van der Waals surface area contributed by atoms with Gasteiger partial charge in [0.1, 0.15) is 11.8 Å². The molecule has 144 valence electrons. The van der Waals surface area contributed by atoms with Crippen molar-refractivity contribution in [1.82, 2.24) is 0 Å². The highest BCUT2D eigenvalue weighted by Crippen LogP contribution is 2.19. The molecular formula is C23H19N3O3. The molecule has 3 aromatic rings. The van der Waals surface area contributed by atoms with Gasteiger partial charge < -0.3 is 15.4 Å². The van der Waals surface area contributed by atoms with Gasteiger partial charge in [0.2, 0.25) is 0 Å². The van der Waals surface area contributed by atoms with E-state index in [0.29, 0.717) is 28.3 Å². The quantitative estimate of drug-likeness (QED) is 0.667. The van der Waals surface area contributed by atoms with Crippen molar-refractivity contribution in [3.63, 3.8) is 0 Å². The maximum atomic E-state index is 12.7. The molecule has 2 amide bonds. The van der Waals surface area contributed by atoms with Crippen LogP contribution in [0.15, 0.2) is 72.8 Å². The molecule has 0 bridgehead atoms. The van der Waals surface area contributed by atoms with Gasteiger partial charge in [-0.05, 0) is 48.9 Å². The number of amides is 2. The molecule has 3 rings (SSSR count). The van der Waals surface area contributed by atoms with Crippen LogP contribution >= 0.6 is 0 Å². The van der Waals surface area contributed by atoms with Gasteiger partial charge >= 0.3 is 0 Å². The van der Waals surface area contributed by atoms with Crippen molar-refractivity contribution in [2.45, 2.75) is 6.92 Å². The van der Waals surface area contributed by atoms with E-state index in [2.05, 4.69) is 10.6 Å². The first-order chi connectivity index (χ1) is 14.1. The highest BCUT2D eigenvalue weighted by atomic mass is 16.5. The molecule has 0 unspecified atom stereocenters. The number of para-hydroxylation sites is 2. The minimum Gasteiger partial charge on any atom is -0.482 e. The van der Waals surface area contributed by atoms with Crippen molar-refractivity contribution < 1.29 is 14.3 Å². The van der Waals surface area contributed by atoms with E-state index in [-0.39, 0.29) is 12.5 Å². The van der Waals surface area contributed by atoms with Crippen LogP contribution in [0.5, 0.6) is 5.75 Å². The molecule has 3 aromatic carbocycles. The standard InChI is InChI=1S/C23H19N3O3/c1-16-7-6-9-18(13-16)25-23(28)19-10-3-4-11-20(19)26-22(27)15-29-21-12-5-2-8-17(21)14-24/h2-13H,15H2,1H3,(H,25,28)(H,26,27). The topological polar surface area (TPSA) is 91.2 Å². The summed E-state index contributed by atoms with van der Waals surface area (Å²) in [5.41, 5.74) is 2.75. The Morgan fingerprint density at radius 3 is 2.52 bits per heavy atom. The fourth-order valence-corrected chi connectivity index (χ4v) is 2.73. The summed E-state index contributed by atoms with van der Waals surface area (Å²) in [6, 6.07) is 22.9. The summed E-state index contributed by atoms with van der Waals surface area (Å²) in [7, 11) is 0. The third-order valence-electron chi connectivity index (χ3n) is 4.09. The summed E-state index contributed by atoms with van der Waals surface area (Å²) >= 11 is 0. The van der Waals surface area contributed by atoms with Crippen molar-refractivity contribution >= 4 is 23.2 Å². The predicted octanol–water partition coefficient (Wildman–Crippen LogP) is 4.14. The van der Waals surface area contributed by atoms with E-state index in [1.54, 1.807) is 54.6 Å². The van der Waals surface area contributed by atoms with Gasteiger partial charge in [0.25, 0.3) is 11.8 Å². The molecule has 0 aliphatic heterocycles. The largest absolute Gasteiger partial charge is 0.482 e. The summed E-state index contributed by atoms with van der Waals surface area (Å²) in [6.07, 6.45) is 0. The summed E-state index contributed by atoms with van der Waals surface area (Å²) < 4.78 is 5.44. The SMILES string of the molecule is Cc1cccc(NC(=O)c2ccccc2NC(=O)COc2ccccc2C#N)c1. The number of nitrogens with one attached hydrogen (secondary N) is 2. The van der Waals surface area contributed by atoms with E-state index in [1.165, 1.54) is 0 Å². The third kappa shape index (κ3) is 5.21. The molecule has 0 heterocycles. The van der Waals surface area contributed by atoms with Gasteiger partial charge in [0.15, 0.2) is 6.61 Å². The van der Waals surface area contributed by atoms with Crippen LogP contribution in [0.25, 0.3) is 0 Å². The van der Waals surface area contributed by atoms with E-state index in [9.17, 15) is 9.59 Å². The van der Waals surface area contributed by atoms with Crippen molar-refractivity contribution in [3.05, 3.63) is 89.5 Å². The second-order valence-corrected chi connectivity index (χ2v) is 6.31. The summed E-state index contributed by atoms with van der Waals surface area (Å²) in [5, 5.41) is 14.6. The smallest absolute Gasteiger partial charge is 0.262 e. The van der Waals surface area contributed by atoms with E-state index >= 15 is 0 Å². The van der Waals surface area contributed by atoms with Crippen molar-refractivity contribution in [2.75, 3.05) is 17.2 Å². The minimum atomic E-state index is -0.437. The van der Waals surface area contributed by atoms with Crippen LogP contribution in [-0.4, -0.2) is 18.4 Å². The molecule has 6 heteroatoms. The number of nitriles is 1. The maximum absolute atomic E-state index is 12.7. The van der Waals surface area contributed by atoms with Crippen LogP contribution in [0, 0.1) is 18.3 Å². The van der Waals surface area contributed by atoms with Gasteiger partial charge in [-0.3, -0.25) is 9.59 Å². The number of benzene rings is 3. The molecule has 0 aliphatic carbocycles. The average Bonchev–Trinajstić information content (AvgIpc) is 2.73. The van der Waals surface area contributed by atoms with Gasteiger partial charge in [-0.2, -0.15) is 5.26 Å². The number of rotatable bonds is 6. The minimum absolute atomic E-state index is 0.285. The Labute approximate surface area is 168 Å². The summed E-state index contributed by atoms with van der Waals surface area (Å²) in [4.78, 5) is 25.0. The monoisotopic (exact) mass is 385 g/mol. The van der Waals surface area contributed by atoms with Crippen molar-refractivity contribution in [2.24, 2.45) is 0 Å². The van der Waals surface area contributed by atoms with Crippen LogP contribution in [0.4, 0.5) is 11.4 Å². The van der Waals surface area contributed by atoms with Gasteiger partial charge in [-0.25, -0.2) is 0 Å². The maximum Gasteiger partial charge on any atom is 0.262 e. The fourth-order valence-electron chi connectivity index (χ4n) is 2.73. The number of nitrogens with zero attached hydrogens (tertiary/aromatic N) is 1. The highest BCUT2D eigenvalue weighted by molar-refractivity contribution is 6.10. The van der Waals surface area contributed by atoms with Crippen molar-refractivity contribution in [3.8, 4) is 11.8 Å². The first-order valence-corrected chi connectivity index (χ1v) is 8.95. The van der Waals surface area contributed by atoms with E-state index < -0.39 is 5.91 Å². The van der Waals surface area contributed by atoms with Crippen LogP contribution < -0.4 is 15.4 Å². The van der Waals surface area contributed by atoms with E-state index in [0.717, 1.165) is 5.56 Å². The molecule has 0 radical (unpaired) electrons. The molecule has 6 nitrogen and oxygen atoms in total. The molecule has 0 saturated carbocycles. The zero-order valence-electron chi connectivity index (χ0n) is 15.8. The van der Waals surface area contributed by atoms with Crippen molar-refractivity contribution in [1.29, 1.82) is 5.26 Å². The number of hydrogen-bond donors (Lipinski definition) is 2. The molecule has 0 aromatic heterocycles. The lowest BCUT2D eigenvalue weighted by Crippen LogP contribution is -2.23. The number of aryl methyl sites for hydroxylation is 1. The van der Waals surface area contributed by atoms with Gasteiger partial charge in [-0.15, -0.1) is 0 Å². The molecule has 0 fully saturated rings. The third-order valence-corrected chi connectivity index (χ3v) is 4.09. The van der Waals surface area contributed by atoms with Crippen LogP contribution in [0.2, 0.25) is 0 Å². The number of ether oxygens (including phenoxy) is 1. The Balaban J connectivity index is 1.67. The van der Waals surface area contributed by atoms with E-state index in [1.807, 2.05) is 31.2 Å². The first kappa shape index (κ1) is 19.6. The average molecular weight is 385 g/mol. The predicted molar refractivity (Wildman–Crippen MR) is 111 cm³/mol. The lowest BCUT2D eigenvalue weighted by atomic mass is 10.1. The Hall–Kier alpha value is -4.11. The molecule has 0 spiro atoms. The van der Waals surface area contributed by atoms with Crippen LogP contribution in [-0.2, 0) is 4.79 Å². The summed E-state index contributed by atoms with van der Waals surface area (Å²) in [5.74, 6) is -0.439. The fraction of sp³-hybridized carbons (Fsp3) is 0.0870. The second kappa shape index (κ2) is 9.20. The molecular weight excluding hydrogens is 366 g/mol. The number of hydrogen-bond acceptors (Lipinski definition) is 4. The molecule has 0 saturated heterocycles. The zero-order chi connectivity index (χ0) is 20.6. The zero-order valence-corrected chi connectivity index (χ0v) is 15.8. The van der Waals surface area contributed by atoms with Gasteiger partial charge in [0, 0.05) is 5.69 Å². The van der Waals surface area contributed by atoms with Crippen LogP contribution in [0.1, 0.15) is 21.5 Å². The lowest BCUT2D eigenvalue weighted by molar-refractivity contribution is -0.118. The highest BCUT2D eigenvalue weighted by Gasteiger charge is 2.14. The number of carbonyl (C=O) groups excluding carboxylic acids is 2. The number of anilines is 2. The van der Waals surface area contributed by atoms with Crippen LogP contribution in [0.3, 0.4) is 0 Å². The first-order valence-electron chi connectivity index (χ1n) is 8.95. The van der Waals surface area contributed by atoms with Gasteiger partial charge in [-0.1, -0.05) is 36.4 Å². The Kier molecular flexibility index (Phi) is 6.23. The normalized spacial score (nSPS) is 9.93. The molecule has 0 atom stereocenters. The molecule has 2 N–H and O–H groups in total. The summed E-state index contributed by atoms with van der Waals surface area (Å²) in [6.45, 7) is 1.65. The Bertz CT molecular complexity index is 1090. The second-order valence-electron chi connectivity index (χ2n) is 6.31. The lowest BCUT2D eigenvalue weighted by Gasteiger charge is -2.12. The Morgan fingerprint density at radius 1 is 0.966 bits per heavy atom.